The van der Waals surface area contributed by atoms with E-state index in [1.54, 1.807) is 0 Å². The smallest absolute Gasteiger partial charge is 0.0210 e. The molecule has 0 unspecified atom stereocenters. The number of fused-ring (bicyclic) bond motifs is 11. The molecule has 0 spiro atoms. The molecule has 0 heterocycles. The van der Waals surface area contributed by atoms with E-state index in [2.05, 4.69) is 222 Å². The summed E-state index contributed by atoms with van der Waals surface area (Å²) in [5.41, 5.74) is 19.1. The molecule has 2 aliphatic rings. The first-order chi connectivity index (χ1) is 32.5. The number of rotatable bonds is 7. The van der Waals surface area contributed by atoms with Gasteiger partial charge in [0.2, 0.25) is 0 Å². The minimum Gasteiger partial charge on any atom is -0.0642 e. The third-order valence-corrected chi connectivity index (χ3v) is 16.6. The van der Waals surface area contributed by atoms with Gasteiger partial charge in [-0.25, -0.2) is 0 Å². The maximum absolute atomic E-state index is 2.67. The molecule has 0 atom stereocenters. The van der Waals surface area contributed by atoms with Gasteiger partial charge in [-0.15, -0.1) is 0 Å². The zero-order chi connectivity index (χ0) is 44.3. The lowest BCUT2D eigenvalue weighted by atomic mass is 9.71. The standard InChI is InChI=1S/C66H52/c1-5-65(6-2)59-24-16-15-23-51(59)54-38-61-55(39-60(54)65)53-37-57-58(40-62(53)66(61,7-3)8-4)64(50-30-27-43-19-11-14-22-46(43)35-50)56-36-48(47-28-25-41-17-9-12-20-44(41)33-47)31-32-52(56)63(57)49-29-26-42-18-10-13-21-45(42)34-49/h9-40H,5-8H2,1-4H3. The molecule has 0 fully saturated rings. The molecule has 0 N–H and O–H groups in total. The van der Waals surface area contributed by atoms with Gasteiger partial charge in [0.15, 0.2) is 0 Å². The molecule has 11 aromatic rings. The molecule has 0 aliphatic heterocycles. The Kier molecular flexibility index (Phi) is 8.66. The van der Waals surface area contributed by atoms with E-state index in [0.29, 0.717) is 0 Å². The summed E-state index contributed by atoms with van der Waals surface area (Å²) in [6.45, 7) is 9.65. The molecule has 0 radical (unpaired) electrons. The van der Waals surface area contributed by atoms with Crippen molar-refractivity contribution in [3.63, 3.8) is 0 Å². The van der Waals surface area contributed by atoms with E-state index in [4.69, 9.17) is 0 Å². The molecule has 316 valence electrons. The van der Waals surface area contributed by atoms with Crippen LogP contribution in [0.1, 0.15) is 75.6 Å². The molecule has 13 rings (SSSR count). The second-order valence-corrected chi connectivity index (χ2v) is 19.2. The Balaban J connectivity index is 1.18. The molecule has 0 heteroatoms. The van der Waals surface area contributed by atoms with Crippen LogP contribution in [0, 0.1) is 0 Å². The quantitative estimate of drug-likeness (QED) is 0.140. The van der Waals surface area contributed by atoms with Gasteiger partial charge < -0.3 is 0 Å². The summed E-state index contributed by atoms with van der Waals surface area (Å²) in [7, 11) is 0. The van der Waals surface area contributed by atoms with Crippen molar-refractivity contribution in [2.45, 2.75) is 64.2 Å². The Morgan fingerprint density at radius 3 is 1.21 bits per heavy atom. The minimum atomic E-state index is -0.127. The fraction of sp³-hybridized carbons (Fsp3) is 0.152. The highest BCUT2D eigenvalue weighted by molar-refractivity contribution is 6.24. The molecular formula is C66H52. The van der Waals surface area contributed by atoms with Crippen molar-refractivity contribution < 1.29 is 0 Å². The second-order valence-electron chi connectivity index (χ2n) is 19.2. The molecule has 2 aliphatic carbocycles. The maximum Gasteiger partial charge on any atom is 0.0210 e. The van der Waals surface area contributed by atoms with Crippen molar-refractivity contribution in [2.24, 2.45) is 0 Å². The van der Waals surface area contributed by atoms with Crippen LogP contribution in [0.5, 0.6) is 0 Å². The van der Waals surface area contributed by atoms with Gasteiger partial charge in [0, 0.05) is 10.8 Å². The maximum atomic E-state index is 2.67. The van der Waals surface area contributed by atoms with Gasteiger partial charge >= 0.3 is 0 Å². The average molecular weight is 845 g/mol. The van der Waals surface area contributed by atoms with Crippen molar-refractivity contribution in [1.29, 1.82) is 0 Å². The van der Waals surface area contributed by atoms with Crippen LogP contribution in [-0.4, -0.2) is 0 Å². The first-order valence-electron chi connectivity index (χ1n) is 24.3. The molecular weight excluding hydrogens is 793 g/mol. The molecule has 0 nitrogen and oxygen atoms in total. The van der Waals surface area contributed by atoms with E-state index in [0.717, 1.165) is 25.7 Å². The molecule has 0 amide bonds. The first-order valence-corrected chi connectivity index (χ1v) is 24.3. The van der Waals surface area contributed by atoms with Crippen molar-refractivity contribution in [2.75, 3.05) is 0 Å². The van der Waals surface area contributed by atoms with Crippen molar-refractivity contribution in [1.82, 2.24) is 0 Å². The predicted octanol–water partition coefficient (Wildman–Crippen LogP) is 18.6. The summed E-state index contributed by atoms with van der Waals surface area (Å²) in [6.07, 6.45) is 4.23. The lowest BCUT2D eigenvalue weighted by molar-refractivity contribution is 0.485. The third-order valence-electron chi connectivity index (χ3n) is 16.6. The third kappa shape index (κ3) is 5.39. The summed E-state index contributed by atoms with van der Waals surface area (Å²) >= 11 is 0. The summed E-state index contributed by atoms with van der Waals surface area (Å²) in [4.78, 5) is 0. The van der Waals surface area contributed by atoms with E-state index in [1.165, 1.54) is 132 Å². The van der Waals surface area contributed by atoms with E-state index < -0.39 is 0 Å². The van der Waals surface area contributed by atoms with Gasteiger partial charge in [0.05, 0.1) is 0 Å². The monoisotopic (exact) mass is 844 g/mol. The Morgan fingerprint density at radius 1 is 0.258 bits per heavy atom. The summed E-state index contributed by atoms with van der Waals surface area (Å²) in [5.74, 6) is 0. The lowest BCUT2D eigenvalue weighted by Gasteiger charge is -2.32. The lowest BCUT2D eigenvalue weighted by Crippen LogP contribution is -2.24. The van der Waals surface area contributed by atoms with E-state index in [-0.39, 0.29) is 10.8 Å². The van der Waals surface area contributed by atoms with Crippen LogP contribution in [0.25, 0.3) is 109 Å². The average Bonchev–Trinajstić information content (AvgIpc) is 3.81. The van der Waals surface area contributed by atoms with Crippen LogP contribution in [0.15, 0.2) is 194 Å². The number of benzene rings is 11. The number of hydrogen-bond acceptors (Lipinski definition) is 0. The molecule has 0 bridgehead atoms. The molecule has 0 aromatic heterocycles. The summed E-state index contributed by atoms with van der Waals surface area (Å²) in [5, 5.41) is 12.8. The summed E-state index contributed by atoms with van der Waals surface area (Å²) < 4.78 is 0. The van der Waals surface area contributed by atoms with Crippen LogP contribution in [-0.2, 0) is 10.8 Å². The topological polar surface area (TPSA) is 0 Å². The Bertz CT molecular complexity index is 3810. The molecule has 66 heavy (non-hydrogen) atoms. The van der Waals surface area contributed by atoms with E-state index >= 15 is 0 Å². The second kappa shape index (κ2) is 14.6. The van der Waals surface area contributed by atoms with Gasteiger partial charge in [-0.05, 0) is 206 Å². The number of hydrogen-bond donors (Lipinski definition) is 0. The zero-order valence-electron chi connectivity index (χ0n) is 38.3. The fourth-order valence-electron chi connectivity index (χ4n) is 13.0. The highest BCUT2D eigenvalue weighted by atomic mass is 14.5. The Morgan fingerprint density at radius 2 is 0.636 bits per heavy atom. The summed E-state index contributed by atoms with van der Waals surface area (Å²) in [6, 6.07) is 74.7. The van der Waals surface area contributed by atoms with Gasteiger partial charge in [0.25, 0.3) is 0 Å². The van der Waals surface area contributed by atoms with Crippen LogP contribution >= 0.6 is 0 Å². The van der Waals surface area contributed by atoms with Crippen LogP contribution in [0.2, 0.25) is 0 Å². The fourth-order valence-corrected chi connectivity index (χ4v) is 13.0. The Labute approximate surface area is 388 Å². The van der Waals surface area contributed by atoms with Gasteiger partial charge in [0.1, 0.15) is 0 Å². The van der Waals surface area contributed by atoms with Gasteiger partial charge in [-0.3, -0.25) is 0 Å². The first kappa shape index (κ1) is 39.1. The van der Waals surface area contributed by atoms with Crippen molar-refractivity contribution >= 4 is 53.9 Å². The zero-order valence-corrected chi connectivity index (χ0v) is 38.3. The normalized spacial score (nSPS) is 14.2. The van der Waals surface area contributed by atoms with Crippen LogP contribution in [0.3, 0.4) is 0 Å². The van der Waals surface area contributed by atoms with Crippen molar-refractivity contribution in [3.8, 4) is 55.6 Å². The highest BCUT2D eigenvalue weighted by Crippen LogP contribution is 2.61. The highest BCUT2D eigenvalue weighted by Gasteiger charge is 2.46. The Hall–Kier alpha value is -7.28. The van der Waals surface area contributed by atoms with Crippen LogP contribution in [0.4, 0.5) is 0 Å². The predicted molar refractivity (Wildman–Crippen MR) is 284 cm³/mol. The molecule has 0 saturated carbocycles. The molecule has 0 saturated heterocycles. The van der Waals surface area contributed by atoms with E-state index in [9.17, 15) is 0 Å². The van der Waals surface area contributed by atoms with Crippen molar-refractivity contribution in [3.05, 3.63) is 216 Å². The minimum absolute atomic E-state index is 0.000105. The molecule has 11 aromatic carbocycles. The SMILES string of the molecule is CCC1(CC)c2ccccc2-c2cc3c(cc21)-c1cc2c(-c4ccc5ccccc5c4)c4ccc(-c5ccc6ccccc6c5)cc4c(-c4ccc5ccccc5c4)c2cc1C3(CC)CC. The largest absolute Gasteiger partial charge is 0.0642 e. The van der Waals surface area contributed by atoms with Gasteiger partial charge in [-0.2, -0.15) is 0 Å². The van der Waals surface area contributed by atoms with E-state index in [1.807, 2.05) is 0 Å². The van der Waals surface area contributed by atoms with Gasteiger partial charge in [-0.1, -0.05) is 173 Å². The van der Waals surface area contributed by atoms with Crippen LogP contribution < -0.4 is 0 Å².